The number of para-hydroxylation sites is 1. The van der Waals surface area contributed by atoms with Crippen LogP contribution in [-0.2, 0) is 5.41 Å². The summed E-state index contributed by atoms with van der Waals surface area (Å²) in [4.78, 5) is 2.48. The van der Waals surface area contributed by atoms with Crippen molar-refractivity contribution in [2.75, 3.05) is 4.90 Å². The molecular formula is C49H35N. The molecule has 0 radical (unpaired) electrons. The summed E-state index contributed by atoms with van der Waals surface area (Å²) in [5, 5.41) is 2.65. The van der Waals surface area contributed by atoms with Crippen molar-refractivity contribution in [2.24, 2.45) is 0 Å². The molecule has 50 heavy (non-hydrogen) atoms. The molecule has 8 aromatic rings. The third-order valence-corrected chi connectivity index (χ3v) is 11.0. The summed E-state index contributed by atoms with van der Waals surface area (Å²) >= 11 is 0. The van der Waals surface area contributed by atoms with Crippen LogP contribution < -0.4 is 4.90 Å². The standard InChI is InChI=1S/C49H35N/c1-49(2)42-22-10-8-20-41(42)48-43(49)23-13-25-45(48)50(44-24-11-9-17-36(44)32-14-4-3-5-15-32)35-29-26-33(27-30-35)37-31-28-34-16-12-21-39-38-18-6-7-19-40(38)47(37)46(34)39/h3-31H,1-2H3. The lowest BCUT2D eigenvalue weighted by atomic mass is 9.82. The van der Waals surface area contributed by atoms with Gasteiger partial charge in [0, 0.05) is 22.2 Å². The van der Waals surface area contributed by atoms with Gasteiger partial charge in [0.05, 0.1) is 11.4 Å². The van der Waals surface area contributed by atoms with Crippen LogP contribution in [0.2, 0.25) is 0 Å². The largest absolute Gasteiger partial charge is 0.309 e. The van der Waals surface area contributed by atoms with Crippen molar-refractivity contribution < 1.29 is 0 Å². The second-order valence-corrected chi connectivity index (χ2v) is 14.1. The molecule has 0 aliphatic heterocycles. The van der Waals surface area contributed by atoms with Gasteiger partial charge in [-0.05, 0) is 90.7 Å². The molecule has 2 aliphatic carbocycles. The highest BCUT2D eigenvalue weighted by Gasteiger charge is 2.38. The van der Waals surface area contributed by atoms with Crippen molar-refractivity contribution in [3.8, 4) is 55.6 Å². The van der Waals surface area contributed by atoms with E-state index in [2.05, 4.69) is 195 Å². The molecule has 0 fully saturated rings. The van der Waals surface area contributed by atoms with Gasteiger partial charge >= 0.3 is 0 Å². The number of rotatable bonds is 5. The van der Waals surface area contributed by atoms with Crippen LogP contribution in [0.1, 0.15) is 25.0 Å². The molecule has 0 unspecified atom stereocenters. The predicted octanol–water partition coefficient (Wildman–Crippen LogP) is 13.6. The van der Waals surface area contributed by atoms with Crippen molar-refractivity contribution in [2.45, 2.75) is 19.3 Å². The maximum atomic E-state index is 2.48. The Balaban J connectivity index is 1.19. The first-order valence-corrected chi connectivity index (χ1v) is 17.5. The molecule has 1 heteroatoms. The van der Waals surface area contributed by atoms with Crippen LogP contribution in [0.4, 0.5) is 17.1 Å². The molecule has 2 aliphatic rings. The maximum absolute atomic E-state index is 2.48. The molecule has 0 amide bonds. The van der Waals surface area contributed by atoms with Crippen molar-refractivity contribution in [3.05, 3.63) is 187 Å². The fraction of sp³-hybridized carbons (Fsp3) is 0.0612. The van der Waals surface area contributed by atoms with E-state index < -0.39 is 0 Å². The SMILES string of the molecule is CC1(C)c2ccccc2-c2c(N(c3ccc(-c4ccc5cccc6c5c4-c4ccccc4-6)cc3)c3ccccc3-c3ccccc3)cccc21. The molecule has 0 bridgehead atoms. The van der Waals surface area contributed by atoms with E-state index in [1.54, 1.807) is 0 Å². The van der Waals surface area contributed by atoms with Crippen LogP contribution in [0, 0.1) is 0 Å². The average molecular weight is 638 g/mol. The Hall–Kier alpha value is -6.18. The van der Waals surface area contributed by atoms with E-state index in [0.717, 1.165) is 11.4 Å². The van der Waals surface area contributed by atoms with Crippen LogP contribution in [0.25, 0.3) is 66.4 Å². The van der Waals surface area contributed by atoms with Gasteiger partial charge in [0.15, 0.2) is 0 Å². The van der Waals surface area contributed by atoms with Crippen LogP contribution >= 0.6 is 0 Å². The minimum atomic E-state index is -0.0929. The lowest BCUT2D eigenvalue weighted by Crippen LogP contribution is -2.16. The molecule has 8 aromatic carbocycles. The van der Waals surface area contributed by atoms with E-state index in [1.807, 2.05) is 0 Å². The summed E-state index contributed by atoms with van der Waals surface area (Å²) in [6.07, 6.45) is 0. The summed E-state index contributed by atoms with van der Waals surface area (Å²) in [6, 6.07) is 64.8. The number of hydrogen-bond acceptors (Lipinski definition) is 1. The fourth-order valence-electron chi connectivity index (χ4n) is 8.71. The molecule has 236 valence electrons. The van der Waals surface area contributed by atoms with Gasteiger partial charge in [0.2, 0.25) is 0 Å². The molecule has 0 heterocycles. The zero-order valence-corrected chi connectivity index (χ0v) is 28.2. The lowest BCUT2D eigenvalue weighted by molar-refractivity contribution is 0.660. The topological polar surface area (TPSA) is 3.24 Å². The van der Waals surface area contributed by atoms with Crippen LogP contribution in [0.15, 0.2) is 176 Å². The van der Waals surface area contributed by atoms with Gasteiger partial charge in [-0.1, -0.05) is 166 Å². The molecule has 10 rings (SSSR count). The van der Waals surface area contributed by atoms with E-state index in [4.69, 9.17) is 0 Å². The van der Waals surface area contributed by atoms with Gasteiger partial charge in [-0.2, -0.15) is 0 Å². The van der Waals surface area contributed by atoms with Crippen LogP contribution in [0.5, 0.6) is 0 Å². The highest BCUT2D eigenvalue weighted by Crippen LogP contribution is 2.55. The summed E-state index contributed by atoms with van der Waals surface area (Å²) in [6.45, 7) is 4.71. The minimum absolute atomic E-state index is 0.0929. The van der Waals surface area contributed by atoms with Crippen molar-refractivity contribution in [1.29, 1.82) is 0 Å². The van der Waals surface area contributed by atoms with E-state index in [1.165, 1.54) is 83.2 Å². The van der Waals surface area contributed by atoms with Gasteiger partial charge in [-0.25, -0.2) is 0 Å². The highest BCUT2D eigenvalue weighted by atomic mass is 15.1. The molecular weight excluding hydrogens is 603 g/mol. The fourth-order valence-corrected chi connectivity index (χ4v) is 8.71. The highest BCUT2D eigenvalue weighted by molar-refractivity contribution is 6.19. The van der Waals surface area contributed by atoms with Gasteiger partial charge in [-0.15, -0.1) is 0 Å². The Morgan fingerprint density at radius 3 is 1.78 bits per heavy atom. The Kier molecular flexibility index (Phi) is 6.29. The zero-order chi connectivity index (χ0) is 33.4. The minimum Gasteiger partial charge on any atom is -0.309 e. The Morgan fingerprint density at radius 2 is 0.960 bits per heavy atom. The van der Waals surface area contributed by atoms with E-state index in [0.29, 0.717) is 0 Å². The molecule has 0 spiro atoms. The van der Waals surface area contributed by atoms with Crippen LogP contribution in [0.3, 0.4) is 0 Å². The first-order chi connectivity index (χ1) is 24.6. The van der Waals surface area contributed by atoms with Gasteiger partial charge in [0.25, 0.3) is 0 Å². The first-order valence-electron chi connectivity index (χ1n) is 17.5. The molecule has 0 aromatic heterocycles. The molecule has 0 atom stereocenters. The second-order valence-electron chi connectivity index (χ2n) is 14.1. The van der Waals surface area contributed by atoms with E-state index >= 15 is 0 Å². The summed E-state index contributed by atoms with van der Waals surface area (Å²) < 4.78 is 0. The lowest BCUT2D eigenvalue weighted by Gasteiger charge is -2.30. The second kappa shape index (κ2) is 10.9. The molecule has 1 nitrogen and oxygen atoms in total. The Morgan fingerprint density at radius 1 is 0.360 bits per heavy atom. The zero-order valence-electron chi connectivity index (χ0n) is 28.2. The Labute approximate surface area is 293 Å². The van der Waals surface area contributed by atoms with Crippen molar-refractivity contribution in [1.82, 2.24) is 0 Å². The predicted molar refractivity (Wildman–Crippen MR) is 211 cm³/mol. The number of benzene rings is 8. The maximum Gasteiger partial charge on any atom is 0.0543 e. The number of nitrogens with zero attached hydrogens (tertiary/aromatic N) is 1. The number of anilines is 3. The third kappa shape index (κ3) is 4.13. The van der Waals surface area contributed by atoms with Crippen LogP contribution in [-0.4, -0.2) is 0 Å². The summed E-state index contributed by atoms with van der Waals surface area (Å²) in [5.41, 5.74) is 19.0. The van der Waals surface area contributed by atoms with Crippen molar-refractivity contribution >= 4 is 27.8 Å². The number of fused-ring (bicyclic) bond motifs is 6. The summed E-state index contributed by atoms with van der Waals surface area (Å²) in [7, 11) is 0. The molecule has 0 saturated carbocycles. The molecule has 0 saturated heterocycles. The van der Waals surface area contributed by atoms with Crippen molar-refractivity contribution in [3.63, 3.8) is 0 Å². The number of hydrogen-bond donors (Lipinski definition) is 0. The first kappa shape index (κ1) is 28.8. The Bertz CT molecular complexity index is 2610. The van der Waals surface area contributed by atoms with Gasteiger partial charge < -0.3 is 4.90 Å². The monoisotopic (exact) mass is 637 g/mol. The third-order valence-electron chi connectivity index (χ3n) is 11.0. The van der Waals surface area contributed by atoms with Gasteiger partial charge in [-0.3, -0.25) is 0 Å². The smallest absolute Gasteiger partial charge is 0.0543 e. The summed E-state index contributed by atoms with van der Waals surface area (Å²) in [5.74, 6) is 0. The molecule has 0 N–H and O–H groups in total. The normalized spacial score (nSPS) is 13.2. The van der Waals surface area contributed by atoms with E-state index in [9.17, 15) is 0 Å². The van der Waals surface area contributed by atoms with Gasteiger partial charge in [0.1, 0.15) is 0 Å². The van der Waals surface area contributed by atoms with E-state index in [-0.39, 0.29) is 5.41 Å². The quantitative estimate of drug-likeness (QED) is 0.181. The average Bonchev–Trinajstić information content (AvgIpc) is 3.63.